The summed E-state index contributed by atoms with van der Waals surface area (Å²) in [6.45, 7) is 3.87. The molecule has 3 N–H and O–H groups in total. The average molecular weight is 460 g/mol. The molecule has 0 radical (unpaired) electrons. The van der Waals surface area contributed by atoms with Crippen molar-refractivity contribution in [3.05, 3.63) is 67.0 Å². The standard InChI is InChI=1S/C24H25N7O3/c1-5-9-17-20(15-10-7-6-8-11-15)30-31-22(17)28-24-26-14-25-23(29-24)27-16-12-18(32-2)21(34-4)19(13-16)33-3/h5-8,10-14H,1,9H2,2-4H3,(H3,25,26,27,28,29,30,31). The fraction of sp³-hybridized carbons (Fsp3) is 0.167. The van der Waals surface area contributed by atoms with E-state index in [1.807, 2.05) is 36.4 Å². The zero-order valence-corrected chi connectivity index (χ0v) is 19.1. The number of ether oxygens (including phenoxy) is 3. The number of hydrogen-bond acceptors (Lipinski definition) is 9. The van der Waals surface area contributed by atoms with Gasteiger partial charge in [-0.15, -0.1) is 6.58 Å². The van der Waals surface area contributed by atoms with Crippen molar-refractivity contribution in [2.45, 2.75) is 6.42 Å². The van der Waals surface area contributed by atoms with E-state index in [4.69, 9.17) is 14.2 Å². The second-order valence-corrected chi connectivity index (χ2v) is 7.08. The maximum Gasteiger partial charge on any atom is 0.233 e. The van der Waals surface area contributed by atoms with E-state index in [2.05, 4.69) is 42.4 Å². The van der Waals surface area contributed by atoms with E-state index in [1.165, 1.54) is 6.33 Å². The minimum atomic E-state index is 0.330. The molecular weight excluding hydrogens is 434 g/mol. The van der Waals surface area contributed by atoms with Gasteiger partial charge in [0.2, 0.25) is 17.6 Å². The van der Waals surface area contributed by atoms with Gasteiger partial charge in [0.05, 0.1) is 27.0 Å². The second kappa shape index (κ2) is 10.3. The summed E-state index contributed by atoms with van der Waals surface area (Å²) < 4.78 is 16.2. The van der Waals surface area contributed by atoms with Gasteiger partial charge in [0.25, 0.3) is 0 Å². The summed E-state index contributed by atoms with van der Waals surface area (Å²) in [6.07, 6.45) is 3.85. The Balaban J connectivity index is 1.60. The van der Waals surface area contributed by atoms with Gasteiger partial charge >= 0.3 is 0 Å². The Morgan fingerprint density at radius 2 is 1.62 bits per heavy atom. The third-order valence-corrected chi connectivity index (χ3v) is 5.00. The van der Waals surface area contributed by atoms with E-state index in [0.29, 0.717) is 47.1 Å². The van der Waals surface area contributed by atoms with Crippen molar-refractivity contribution in [1.82, 2.24) is 25.1 Å². The van der Waals surface area contributed by atoms with E-state index >= 15 is 0 Å². The molecule has 0 bridgehead atoms. The van der Waals surface area contributed by atoms with Gasteiger partial charge in [-0.25, -0.2) is 9.97 Å². The van der Waals surface area contributed by atoms with Crippen LogP contribution in [0.4, 0.5) is 23.4 Å². The summed E-state index contributed by atoms with van der Waals surface area (Å²) in [4.78, 5) is 12.9. The highest BCUT2D eigenvalue weighted by atomic mass is 16.5. The molecule has 0 aliphatic rings. The molecule has 2 aromatic heterocycles. The van der Waals surface area contributed by atoms with E-state index in [0.717, 1.165) is 16.8 Å². The van der Waals surface area contributed by atoms with Crippen molar-refractivity contribution >= 4 is 23.4 Å². The molecule has 4 aromatic rings. The van der Waals surface area contributed by atoms with Crippen LogP contribution in [0, 0.1) is 0 Å². The first-order valence-corrected chi connectivity index (χ1v) is 10.4. The monoisotopic (exact) mass is 459 g/mol. The molecule has 10 heteroatoms. The Hall–Kier alpha value is -4.60. The number of nitrogens with one attached hydrogen (secondary N) is 3. The molecule has 0 unspecified atom stereocenters. The van der Waals surface area contributed by atoms with Crippen LogP contribution < -0.4 is 24.8 Å². The van der Waals surface area contributed by atoms with Crippen LogP contribution in [0.1, 0.15) is 5.56 Å². The Morgan fingerprint density at radius 3 is 2.24 bits per heavy atom. The summed E-state index contributed by atoms with van der Waals surface area (Å²) in [6, 6.07) is 13.5. The van der Waals surface area contributed by atoms with Gasteiger partial charge < -0.3 is 24.8 Å². The first-order valence-electron chi connectivity index (χ1n) is 10.4. The van der Waals surface area contributed by atoms with Gasteiger partial charge in [0.1, 0.15) is 6.33 Å². The van der Waals surface area contributed by atoms with Gasteiger partial charge in [-0.1, -0.05) is 36.4 Å². The minimum Gasteiger partial charge on any atom is -0.493 e. The summed E-state index contributed by atoms with van der Waals surface area (Å²) in [5, 5.41) is 13.8. The van der Waals surface area contributed by atoms with Crippen LogP contribution in [0.3, 0.4) is 0 Å². The van der Waals surface area contributed by atoms with E-state index in [-0.39, 0.29) is 0 Å². The van der Waals surface area contributed by atoms with Gasteiger partial charge in [-0.05, 0) is 12.0 Å². The Kier molecular flexibility index (Phi) is 6.87. The summed E-state index contributed by atoms with van der Waals surface area (Å²) in [7, 11) is 4.66. The van der Waals surface area contributed by atoms with E-state index < -0.39 is 0 Å². The fourth-order valence-electron chi connectivity index (χ4n) is 3.46. The highest BCUT2D eigenvalue weighted by Gasteiger charge is 2.16. The largest absolute Gasteiger partial charge is 0.493 e. The number of allylic oxidation sites excluding steroid dienone is 1. The topological polar surface area (TPSA) is 119 Å². The molecule has 0 fully saturated rings. The summed E-state index contributed by atoms with van der Waals surface area (Å²) in [5.41, 5.74) is 3.55. The first kappa shape index (κ1) is 22.6. The van der Waals surface area contributed by atoms with Crippen LogP contribution in [0.2, 0.25) is 0 Å². The lowest BCUT2D eigenvalue weighted by atomic mass is 10.1. The van der Waals surface area contributed by atoms with Crippen molar-refractivity contribution in [2.24, 2.45) is 0 Å². The number of anilines is 4. The minimum absolute atomic E-state index is 0.330. The normalized spacial score (nSPS) is 10.4. The lowest BCUT2D eigenvalue weighted by Gasteiger charge is -2.14. The average Bonchev–Trinajstić information content (AvgIpc) is 3.26. The maximum atomic E-state index is 5.40. The Labute approximate surface area is 197 Å². The van der Waals surface area contributed by atoms with Crippen molar-refractivity contribution < 1.29 is 14.2 Å². The smallest absolute Gasteiger partial charge is 0.233 e. The van der Waals surface area contributed by atoms with Crippen LogP contribution in [-0.4, -0.2) is 46.5 Å². The van der Waals surface area contributed by atoms with Gasteiger partial charge in [0.15, 0.2) is 17.3 Å². The zero-order chi connectivity index (χ0) is 23.9. The quantitative estimate of drug-likeness (QED) is 0.294. The molecule has 0 atom stereocenters. The molecule has 10 nitrogen and oxygen atoms in total. The number of nitrogens with zero attached hydrogens (tertiary/aromatic N) is 4. The third kappa shape index (κ3) is 4.75. The molecule has 0 amide bonds. The Morgan fingerprint density at radius 1 is 0.941 bits per heavy atom. The van der Waals surface area contributed by atoms with E-state index in [1.54, 1.807) is 33.5 Å². The third-order valence-electron chi connectivity index (χ3n) is 5.00. The number of H-pyrrole nitrogens is 1. The van der Waals surface area contributed by atoms with Crippen molar-refractivity contribution in [2.75, 3.05) is 32.0 Å². The molecule has 0 aliphatic carbocycles. The molecule has 2 aromatic carbocycles. The highest BCUT2D eigenvalue weighted by molar-refractivity contribution is 5.71. The summed E-state index contributed by atoms with van der Waals surface area (Å²) >= 11 is 0. The summed E-state index contributed by atoms with van der Waals surface area (Å²) in [5.74, 6) is 2.79. The highest BCUT2D eigenvalue weighted by Crippen LogP contribution is 2.40. The molecule has 4 rings (SSSR count). The van der Waals surface area contributed by atoms with Crippen LogP contribution in [0.5, 0.6) is 17.2 Å². The number of rotatable bonds is 10. The number of aromatic amines is 1. The van der Waals surface area contributed by atoms with Crippen molar-refractivity contribution in [3.63, 3.8) is 0 Å². The van der Waals surface area contributed by atoms with Crippen molar-refractivity contribution in [1.29, 1.82) is 0 Å². The number of methoxy groups -OCH3 is 3. The molecular formula is C24H25N7O3. The van der Waals surface area contributed by atoms with E-state index in [9.17, 15) is 0 Å². The number of aromatic nitrogens is 5. The molecule has 34 heavy (non-hydrogen) atoms. The van der Waals surface area contributed by atoms with Gasteiger partial charge in [-0.2, -0.15) is 10.1 Å². The molecule has 0 spiro atoms. The molecule has 0 saturated heterocycles. The molecule has 2 heterocycles. The van der Waals surface area contributed by atoms with Crippen LogP contribution in [0.25, 0.3) is 11.3 Å². The first-order chi connectivity index (χ1) is 16.7. The van der Waals surface area contributed by atoms with Crippen LogP contribution in [0.15, 0.2) is 61.4 Å². The van der Waals surface area contributed by atoms with Crippen molar-refractivity contribution in [3.8, 4) is 28.5 Å². The predicted octanol–water partition coefficient (Wildman–Crippen LogP) is 4.50. The van der Waals surface area contributed by atoms with Gasteiger partial charge in [-0.3, -0.25) is 5.10 Å². The van der Waals surface area contributed by atoms with Gasteiger partial charge in [0, 0.05) is 23.4 Å². The molecule has 0 saturated carbocycles. The van der Waals surface area contributed by atoms with Crippen LogP contribution >= 0.6 is 0 Å². The SMILES string of the molecule is C=CCc1c(Nc2ncnc(Nc3cc(OC)c(OC)c(OC)c3)n2)n[nH]c1-c1ccccc1. The lowest BCUT2D eigenvalue weighted by molar-refractivity contribution is 0.324. The zero-order valence-electron chi connectivity index (χ0n) is 19.1. The fourth-order valence-corrected chi connectivity index (χ4v) is 3.46. The molecule has 0 aliphatic heterocycles. The molecule has 174 valence electrons. The second-order valence-electron chi connectivity index (χ2n) is 7.08. The maximum absolute atomic E-state index is 5.40. The lowest BCUT2D eigenvalue weighted by Crippen LogP contribution is -2.04. The number of hydrogen-bond donors (Lipinski definition) is 3. The number of benzene rings is 2. The predicted molar refractivity (Wildman–Crippen MR) is 130 cm³/mol. The Bertz CT molecular complexity index is 1250. The van der Waals surface area contributed by atoms with Crippen LogP contribution in [-0.2, 0) is 6.42 Å².